The number of morpholine rings is 1. The second-order valence-electron chi connectivity index (χ2n) is 7.56. The van der Waals surface area contributed by atoms with Gasteiger partial charge >= 0.3 is 0 Å². The second kappa shape index (κ2) is 8.65. The topological polar surface area (TPSA) is 89.9 Å². The lowest BCUT2D eigenvalue weighted by atomic mass is 10.0. The van der Waals surface area contributed by atoms with Gasteiger partial charge in [0.15, 0.2) is 0 Å². The van der Waals surface area contributed by atoms with Crippen molar-refractivity contribution in [2.24, 2.45) is 0 Å². The molecule has 2 aromatic carbocycles. The van der Waals surface area contributed by atoms with Crippen molar-refractivity contribution in [2.45, 2.75) is 6.42 Å². The fraction of sp³-hybridized carbons (Fsp3) is 0.208. The highest BCUT2D eigenvalue weighted by atomic mass is 19.1. The van der Waals surface area contributed by atoms with E-state index in [1.54, 1.807) is 6.07 Å². The van der Waals surface area contributed by atoms with Crippen LogP contribution in [0, 0.1) is 17.1 Å². The van der Waals surface area contributed by atoms with Crippen molar-refractivity contribution in [3.8, 4) is 17.3 Å². The van der Waals surface area contributed by atoms with Crippen LogP contribution in [0.3, 0.4) is 0 Å². The van der Waals surface area contributed by atoms with Crippen LogP contribution in [-0.4, -0.2) is 41.3 Å². The predicted octanol–water partition coefficient (Wildman–Crippen LogP) is 4.41. The van der Waals surface area contributed by atoms with Crippen LogP contribution in [-0.2, 0) is 11.2 Å². The van der Waals surface area contributed by atoms with Crippen LogP contribution in [0.5, 0.6) is 0 Å². The molecule has 0 bridgehead atoms. The van der Waals surface area contributed by atoms with Crippen LogP contribution in [0.25, 0.3) is 22.3 Å². The summed E-state index contributed by atoms with van der Waals surface area (Å²) < 4.78 is 20.2. The van der Waals surface area contributed by atoms with Gasteiger partial charge in [-0.05, 0) is 35.9 Å². The van der Waals surface area contributed by atoms with Gasteiger partial charge in [-0.3, -0.25) is 0 Å². The summed E-state index contributed by atoms with van der Waals surface area (Å²) in [6, 6.07) is 16.9. The Balaban J connectivity index is 1.47. The molecule has 0 saturated carbocycles. The number of H-pyrrole nitrogens is 1. The molecule has 1 aliphatic rings. The van der Waals surface area contributed by atoms with E-state index in [9.17, 15) is 4.39 Å². The molecule has 32 heavy (non-hydrogen) atoms. The van der Waals surface area contributed by atoms with Gasteiger partial charge in [-0.15, -0.1) is 0 Å². The fourth-order valence-electron chi connectivity index (χ4n) is 3.91. The first-order valence-electron chi connectivity index (χ1n) is 10.4. The minimum absolute atomic E-state index is 0.303. The molecule has 4 aromatic rings. The van der Waals surface area contributed by atoms with Gasteiger partial charge in [-0.1, -0.05) is 18.2 Å². The third-order valence-electron chi connectivity index (χ3n) is 5.45. The summed E-state index contributed by atoms with van der Waals surface area (Å²) >= 11 is 0. The van der Waals surface area contributed by atoms with E-state index in [0.717, 1.165) is 22.2 Å². The first kappa shape index (κ1) is 20.0. The first-order valence-corrected chi connectivity index (χ1v) is 10.4. The monoisotopic (exact) mass is 428 g/mol. The molecule has 0 radical (unpaired) electrons. The molecule has 0 spiro atoms. The van der Waals surface area contributed by atoms with Crippen LogP contribution in [0.15, 0.2) is 54.7 Å². The number of hydrogen-bond donors (Lipinski definition) is 2. The predicted molar refractivity (Wildman–Crippen MR) is 121 cm³/mol. The van der Waals surface area contributed by atoms with E-state index in [0.29, 0.717) is 55.7 Å². The van der Waals surface area contributed by atoms with Crippen LogP contribution >= 0.6 is 0 Å². The maximum absolute atomic E-state index is 14.8. The van der Waals surface area contributed by atoms with Gasteiger partial charge in [0.05, 0.1) is 37.1 Å². The van der Waals surface area contributed by atoms with Crippen molar-refractivity contribution in [3.05, 3.63) is 66.1 Å². The van der Waals surface area contributed by atoms with Gasteiger partial charge in [-0.25, -0.2) is 9.37 Å². The molecule has 3 heterocycles. The largest absolute Gasteiger partial charge is 0.378 e. The number of anilines is 3. The number of nitriles is 1. The van der Waals surface area contributed by atoms with E-state index >= 15 is 0 Å². The third-order valence-corrected chi connectivity index (χ3v) is 5.45. The average Bonchev–Trinajstić information content (AvgIpc) is 3.28. The van der Waals surface area contributed by atoms with Crippen molar-refractivity contribution in [1.82, 2.24) is 15.0 Å². The molecule has 2 aromatic heterocycles. The Kier molecular flexibility index (Phi) is 5.40. The summed E-state index contributed by atoms with van der Waals surface area (Å²) in [4.78, 5) is 14.4. The lowest BCUT2D eigenvalue weighted by Crippen LogP contribution is -2.36. The molecule has 1 aliphatic heterocycles. The van der Waals surface area contributed by atoms with Gasteiger partial charge < -0.3 is 19.9 Å². The standard InChI is InChI=1S/C24H21FN6O/c25-20-15-18(4-5-21(20)31-10-12-32-13-11-31)28-24-29-22(19-7-9-27-23(19)30-24)17-3-1-2-16(14-17)6-8-26/h1-5,7,9,14-15H,6,10-13H2,(H2,27,28,29,30). The molecule has 1 fully saturated rings. The molecule has 8 heteroatoms. The normalized spacial score (nSPS) is 13.8. The highest BCUT2D eigenvalue weighted by molar-refractivity contribution is 5.92. The maximum atomic E-state index is 14.8. The molecule has 160 valence electrons. The summed E-state index contributed by atoms with van der Waals surface area (Å²) in [5.74, 6) is 0.0569. The number of rotatable bonds is 5. The molecule has 2 N–H and O–H groups in total. The number of aromatic amines is 1. The van der Waals surface area contributed by atoms with Crippen LogP contribution in [0.2, 0.25) is 0 Å². The molecular weight excluding hydrogens is 407 g/mol. The van der Waals surface area contributed by atoms with E-state index in [1.165, 1.54) is 6.07 Å². The molecule has 0 aliphatic carbocycles. The zero-order valence-electron chi connectivity index (χ0n) is 17.3. The van der Waals surface area contributed by atoms with E-state index in [1.807, 2.05) is 47.5 Å². The van der Waals surface area contributed by atoms with Gasteiger partial charge in [0.2, 0.25) is 5.95 Å². The van der Waals surface area contributed by atoms with Crippen molar-refractivity contribution >= 4 is 28.4 Å². The number of fused-ring (bicyclic) bond motifs is 1. The molecule has 0 unspecified atom stereocenters. The van der Waals surface area contributed by atoms with E-state index in [-0.39, 0.29) is 5.82 Å². The number of aromatic nitrogens is 3. The zero-order chi connectivity index (χ0) is 21.9. The Morgan fingerprint density at radius 1 is 1.12 bits per heavy atom. The third kappa shape index (κ3) is 3.98. The maximum Gasteiger partial charge on any atom is 0.229 e. The minimum Gasteiger partial charge on any atom is -0.378 e. The molecule has 5 rings (SSSR count). The Morgan fingerprint density at radius 3 is 2.81 bits per heavy atom. The van der Waals surface area contributed by atoms with E-state index in [4.69, 9.17) is 15.0 Å². The zero-order valence-corrected chi connectivity index (χ0v) is 17.3. The summed E-state index contributed by atoms with van der Waals surface area (Å²) in [6.07, 6.45) is 2.14. The lowest BCUT2D eigenvalue weighted by Gasteiger charge is -2.29. The highest BCUT2D eigenvalue weighted by Gasteiger charge is 2.16. The SMILES string of the molecule is N#CCc1cccc(-c2nc(Nc3ccc(N4CCOCC4)c(F)c3)nc3[nH]ccc23)c1. The smallest absolute Gasteiger partial charge is 0.229 e. The van der Waals surface area contributed by atoms with E-state index < -0.39 is 0 Å². The van der Waals surface area contributed by atoms with E-state index in [2.05, 4.69) is 21.4 Å². The highest BCUT2D eigenvalue weighted by Crippen LogP contribution is 2.30. The minimum atomic E-state index is -0.303. The Labute approximate surface area is 184 Å². The molecule has 0 amide bonds. The number of nitrogens with one attached hydrogen (secondary N) is 2. The number of benzene rings is 2. The van der Waals surface area contributed by atoms with Gasteiger partial charge in [-0.2, -0.15) is 10.2 Å². The van der Waals surface area contributed by atoms with Crippen molar-refractivity contribution in [3.63, 3.8) is 0 Å². The van der Waals surface area contributed by atoms with Crippen LogP contribution in [0.4, 0.5) is 21.7 Å². The number of hydrogen-bond acceptors (Lipinski definition) is 6. The van der Waals surface area contributed by atoms with Crippen LogP contribution < -0.4 is 10.2 Å². The summed E-state index contributed by atoms with van der Waals surface area (Å²) in [5.41, 5.74) is 4.35. The fourth-order valence-corrected chi connectivity index (χ4v) is 3.91. The van der Waals surface area contributed by atoms with Gasteiger partial charge in [0.1, 0.15) is 11.5 Å². The number of nitrogens with zero attached hydrogens (tertiary/aromatic N) is 4. The van der Waals surface area contributed by atoms with Gasteiger partial charge in [0, 0.05) is 35.9 Å². The summed E-state index contributed by atoms with van der Waals surface area (Å²) in [6.45, 7) is 2.54. The summed E-state index contributed by atoms with van der Waals surface area (Å²) in [5, 5.41) is 13.0. The average molecular weight is 428 g/mol. The van der Waals surface area contributed by atoms with Crippen molar-refractivity contribution in [2.75, 3.05) is 36.5 Å². The quantitative estimate of drug-likeness (QED) is 0.489. The lowest BCUT2D eigenvalue weighted by molar-refractivity contribution is 0.122. The molecule has 1 saturated heterocycles. The van der Waals surface area contributed by atoms with Crippen molar-refractivity contribution < 1.29 is 9.13 Å². The molecular formula is C24H21FN6O. The van der Waals surface area contributed by atoms with Crippen molar-refractivity contribution in [1.29, 1.82) is 5.26 Å². The molecule has 0 atom stereocenters. The first-order chi connectivity index (χ1) is 15.7. The Morgan fingerprint density at radius 2 is 2.00 bits per heavy atom. The number of halogens is 1. The van der Waals surface area contributed by atoms with Gasteiger partial charge in [0.25, 0.3) is 0 Å². The summed E-state index contributed by atoms with van der Waals surface area (Å²) in [7, 11) is 0. The number of ether oxygens (including phenoxy) is 1. The van der Waals surface area contributed by atoms with Crippen LogP contribution in [0.1, 0.15) is 5.56 Å². The second-order valence-corrected chi connectivity index (χ2v) is 7.56. The Bertz CT molecular complexity index is 1310. The molecule has 7 nitrogen and oxygen atoms in total. The Hall–Kier alpha value is -3.96.